The Morgan fingerprint density at radius 3 is 2.82 bits per heavy atom. The lowest BCUT2D eigenvalue weighted by Crippen LogP contribution is -2.44. The molecular formula is C28H35N6O9PS. The molecule has 45 heavy (non-hydrogen) atoms. The molecule has 1 aliphatic rings. The first-order valence-corrected chi connectivity index (χ1v) is 17.0. The highest BCUT2D eigenvalue weighted by molar-refractivity contribution is 7.98. The quantitative estimate of drug-likeness (QED) is 0.0790. The fourth-order valence-corrected chi connectivity index (χ4v) is 7.17. The first-order chi connectivity index (χ1) is 21.5. The van der Waals surface area contributed by atoms with Crippen LogP contribution in [0, 0.1) is 0 Å². The summed E-state index contributed by atoms with van der Waals surface area (Å²) in [6.45, 7) is 0.790. The van der Waals surface area contributed by atoms with Gasteiger partial charge in [0.2, 0.25) is 5.95 Å². The van der Waals surface area contributed by atoms with E-state index in [0.29, 0.717) is 11.8 Å². The third kappa shape index (κ3) is 6.87. The van der Waals surface area contributed by atoms with Gasteiger partial charge >= 0.3 is 13.7 Å². The van der Waals surface area contributed by atoms with Gasteiger partial charge in [-0.1, -0.05) is 36.4 Å². The fraction of sp³-hybridized carbons (Fsp3) is 0.429. The average molecular weight is 663 g/mol. The maximum absolute atomic E-state index is 14.4. The van der Waals surface area contributed by atoms with Gasteiger partial charge in [0.15, 0.2) is 17.4 Å². The van der Waals surface area contributed by atoms with Crippen molar-refractivity contribution in [3.8, 4) is 5.75 Å². The van der Waals surface area contributed by atoms with E-state index in [-0.39, 0.29) is 29.3 Å². The van der Waals surface area contributed by atoms with Crippen molar-refractivity contribution < 1.29 is 38.1 Å². The van der Waals surface area contributed by atoms with Crippen LogP contribution in [-0.4, -0.2) is 85.3 Å². The summed E-state index contributed by atoms with van der Waals surface area (Å²) in [6.07, 6.45) is -0.0555. The molecule has 4 aromatic rings. The number of nitrogen functional groups attached to an aromatic ring is 1. The second-order valence-corrected chi connectivity index (χ2v) is 13.4. The summed E-state index contributed by atoms with van der Waals surface area (Å²) in [7, 11) is -3.17. The van der Waals surface area contributed by atoms with E-state index in [1.807, 2.05) is 24.5 Å². The van der Waals surface area contributed by atoms with Crippen molar-refractivity contribution in [3.63, 3.8) is 0 Å². The third-order valence-electron chi connectivity index (χ3n) is 7.48. The molecule has 1 saturated heterocycles. The maximum atomic E-state index is 14.4. The third-order valence-corrected chi connectivity index (χ3v) is 9.73. The number of benzene rings is 2. The number of H-pyrrole nitrogens is 1. The van der Waals surface area contributed by atoms with Gasteiger partial charge in [0.05, 0.1) is 20.0 Å². The van der Waals surface area contributed by atoms with Crippen molar-refractivity contribution in [3.05, 3.63) is 59.1 Å². The van der Waals surface area contributed by atoms with Crippen LogP contribution < -0.4 is 20.9 Å². The molecule has 0 spiro atoms. The highest BCUT2D eigenvalue weighted by Crippen LogP contribution is 2.49. The number of carbonyl (C=O) groups is 1. The number of nitrogens with zero attached hydrogens (tertiary/aromatic N) is 3. The topological polar surface area (TPSA) is 213 Å². The minimum atomic E-state index is -4.39. The molecule has 2 aromatic heterocycles. The molecule has 15 nitrogen and oxygen atoms in total. The second kappa shape index (κ2) is 13.5. The predicted octanol–water partition coefficient (Wildman–Crippen LogP) is 2.34. The van der Waals surface area contributed by atoms with Gasteiger partial charge in [0, 0.05) is 5.39 Å². The number of esters is 1. The van der Waals surface area contributed by atoms with Crippen LogP contribution in [0.25, 0.3) is 21.9 Å². The number of hydrogen-bond donors (Lipinski definition) is 5. The number of anilines is 1. The highest BCUT2D eigenvalue weighted by Gasteiger charge is 2.54. The Morgan fingerprint density at radius 2 is 2.07 bits per heavy atom. The van der Waals surface area contributed by atoms with Gasteiger partial charge in [0.25, 0.3) is 5.56 Å². The van der Waals surface area contributed by atoms with Crippen LogP contribution in [0.2, 0.25) is 0 Å². The number of nitrogens with one attached hydrogen (secondary N) is 2. The Hall–Kier alpha value is -3.50. The number of methoxy groups -OCH3 is 1. The van der Waals surface area contributed by atoms with E-state index in [2.05, 4.69) is 20.0 Å². The van der Waals surface area contributed by atoms with Crippen LogP contribution in [0.4, 0.5) is 5.95 Å². The number of hydrogen-bond acceptors (Lipinski definition) is 13. The lowest BCUT2D eigenvalue weighted by molar-refractivity contribution is -0.142. The van der Waals surface area contributed by atoms with Crippen LogP contribution in [0.1, 0.15) is 26.0 Å². The van der Waals surface area contributed by atoms with E-state index in [4.69, 9.17) is 24.3 Å². The van der Waals surface area contributed by atoms with Gasteiger partial charge in [0.1, 0.15) is 29.6 Å². The van der Waals surface area contributed by atoms with E-state index in [1.165, 1.54) is 24.9 Å². The summed E-state index contributed by atoms with van der Waals surface area (Å²) in [5.74, 6) is 0.143. The standard InChI is InChI=1S/C28H35N6O9PS/c1-28(38)22(35)20(42-26(28)34-15-30-21-23(34)31-27(29)32-24(21)36)14-41-44(39,33-18(25(37)40-2)11-7-13-45-3)43-19-12-6-9-16-8-4-5-10-17(16)19/h4-6,8-10,12,15,18,20,22,26,35,38H,7,11,13-14H2,1-3H3,(H,33,39)(H3,29,31,32,36)/t18-,20+,22+,26+,28+,44?/m0/s1. The summed E-state index contributed by atoms with van der Waals surface area (Å²) in [6, 6.07) is 11.5. The molecule has 17 heteroatoms. The normalized spacial score (nSPS) is 23.6. The van der Waals surface area contributed by atoms with Gasteiger partial charge in [-0.25, -0.2) is 9.55 Å². The van der Waals surface area contributed by atoms with Crippen LogP contribution in [0.3, 0.4) is 0 Å². The zero-order valence-electron chi connectivity index (χ0n) is 24.8. The molecule has 2 aromatic carbocycles. The molecular weight excluding hydrogens is 627 g/mol. The van der Waals surface area contributed by atoms with E-state index in [9.17, 15) is 24.4 Å². The lowest BCUT2D eigenvalue weighted by Gasteiger charge is -2.27. The SMILES string of the molecule is COC(=O)[C@H](CCCSC)NP(=O)(OC[C@H]1O[C@@H](n2cnc3c(=O)[nH]c(N)nc32)[C@](C)(O)[C@@H]1O)Oc1cccc2ccccc12. The minimum absolute atomic E-state index is 0.0214. The van der Waals surface area contributed by atoms with E-state index in [1.54, 1.807) is 36.0 Å². The summed E-state index contributed by atoms with van der Waals surface area (Å²) < 4.78 is 38.5. The van der Waals surface area contributed by atoms with Crippen molar-refractivity contribution in [1.29, 1.82) is 0 Å². The Morgan fingerprint density at radius 1 is 1.31 bits per heavy atom. The van der Waals surface area contributed by atoms with Gasteiger partial charge < -0.3 is 29.9 Å². The molecule has 1 fully saturated rings. The first-order valence-electron chi connectivity index (χ1n) is 14.0. The molecule has 6 atom stereocenters. The van der Waals surface area contributed by atoms with Crippen molar-refractivity contribution in [2.45, 2.75) is 49.8 Å². The maximum Gasteiger partial charge on any atom is 0.459 e. The van der Waals surface area contributed by atoms with Crippen LogP contribution in [0.15, 0.2) is 53.6 Å². The number of fused-ring (bicyclic) bond motifs is 2. The zero-order chi connectivity index (χ0) is 32.4. The van der Waals surface area contributed by atoms with E-state index in [0.717, 1.165) is 11.1 Å². The van der Waals surface area contributed by atoms with Gasteiger partial charge in [-0.2, -0.15) is 21.8 Å². The van der Waals surface area contributed by atoms with Crippen LogP contribution in [-0.2, 0) is 23.4 Å². The number of thioether (sulfide) groups is 1. The molecule has 0 radical (unpaired) electrons. The van der Waals surface area contributed by atoms with Gasteiger partial charge in [-0.15, -0.1) is 0 Å². The monoisotopic (exact) mass is 662 g/mol. The van der Waals surface area contributed by atoms with Gasteiger partial charge in [-0.05, 0) is 43.2 Å². The smallest absolute Gasteiger partial charge is 0.459 e. The number of imidazole rings is 1. The number of aromatic nitrogens is 4. The van der Waals surface area contributed by atoms with Crippen LogP contribution >= 0.6 is 19.5 Å². The molecule has 242 valence electrons. The number of rotatable bonds is 13. The minimum Gasteiger partial charge on any atom is -0.468 e. The lowest BCUT2D eigenvalue weighted by atomic mass is 9.96. The number of nitrogens with two attached hydrogens (primary N) is 1. The predicted molar refractivity (Wildman–Crippen MR) is 168 cm³/mol. The zero-order valence-corrected chi connectivity index (χ0v) is 26.5. The molecule has 0 bridgehead atoms. The highest BCUT2D eigenvalue weighted by atomic mass is 32.2. The van der Waals surface area contributed by atoms with Crippen molar-refractivity contribution in [2.24, 2.45) is 0 Å². The summed E-state index contributed by atoms with van der Waals surface area (Å²) in [4.78, 5) is 35.5. The van der Waals surface area contributed by atoms with E-state index >= 15 is 0 Å². The van der Waals surface area contributed by atoms with Crippen LogP contribution in [0.5, 0.6) is 5.75 Å². The summed E-state index contributed by atoms with van der Waals surface area (Å²) >= 11 is 1.60. The molecule has 0 amide bonds. The van der Waals surface area contributed by atoms with Crippen molar-refractivity contribution >= 4 is 53.4 Å². The van der Waals surface area contributed by atoms with Gasteiger partial charge in [-0.3, -0.25) is 23.7 Å². The molecule has 1 unspecified atom stereocenters. The number of ether oxygens (including phenoxy) is 2. The number of aromatic amines is 1. The number of aliphatic hydroxyl groups excluding tert-OH is 1. The number of aliphatic hydroxyl groups is 2. The van der Waals surface area contributed by atoms with Crippen molar-refractivity contribution in [2.75, 3.05) is 31.5 Å². The Balaban J connectivity index is 1.43. The second-order valence-electron chi connectivity index (χ2n) is 10.7. The number of carbonyl (C=O) groups excluding carboxylic acids is 1. The molecule has 1 aliphatic heterocycles. The fourth-order valence-electron chi connectivity index (χ4n) is 5.16. The molecule has 3 heterocycles. The van der Waals surface area contributed by atoms with E-state index < -0.39 is 56.0 Å². The summed E-state index contributed by atoms with van der Waals surface area (Å²) in [5.41, 5.74) is 3.14. The molecule has 5 rings (SSSR count). The first kappa shape index (κ1) is 32.9. The molecule has 0 saturated carbocycles. The molecule has 6 N–H and O–H groups in total. The van der Waals surface area contributed by atoms with Crippen molar-refractivity contribution in [1.82, 2.24) is 24.6 Å². The average Bonchev–Trinajstić information content (AvgIpc) is 3.53. The Labute approximate surface area is 262 Å². The molecule has 0 aliphatic carbocycles. The Bertz CT molecular complexity index is 1780. The summed E-state index contributed by atoms with van der Waals surface area (Å²) in [5, 5.41) is 26.6. The largest absolute Gasteiger partial charge is 0.468 e. The Kier molecular flexibility index (Phi) is 9.84.